The van der Waals surface area contributed by atoms with Crippen molar-refractivity contribution in [3.05, 3.63) is 36.0 Å². The molecule has 0 N–H and O–H groups in total. The Morgan fingerprint density at radius 2 is 2.11 bits per heavy atom. The number of hydrogen-bond acceptors (Lipinski definition) is 3. The number of carbonyl (C=O) groups excluding carboxylic acids is 2. The topological polar surface area (TPSA) is 48.3 Å². The van der Waals surface area contributed by atoms with Crippen LogP contribution >= 0.6 is 0 Å². The molecule has 0 saturated carbocycles. The van der Waals surface area contributed by atoms with E-state index in [1.807, 2.05) is 12.1 Å². The van der Waals surface area contributed by atoms with E-state index in [-0.39, 0.29) is 12.3 Å². The number of terminal acetylenes is 1. The normalized spacial score (nSPS) is 10.1. The molecule has 0 amide bonds. The van der Waals surface area contributed by atoms with Gasteiger partial charge in [0.25, 0.3) is 0 Å². The number of methoxy groups -OCH3 is 1. The van der Waals surface area contributed by atoms with Crippen LogP contribution < -0.4 is 0 Å². The van der Waals surface area contributed by atoms with Gasteiger partial charge in [0.05, 0.1) is 18.2 Å². The Balaban J connectivity index is 2.53. The van der Waals surface area contributed by atoms with E-state index in [0.29, 0.717) is 22.9 Å². The molecule has 0 radical (unpaired) electrons. The number of rotatable bonds is 3. The Morgan fingerprint density at radius 3 is 2.79 bits per heavy atom. The van der Waals surface area contributed by atoms with Crippen molar-refractivity contribution in [2.45, 2.75) is 12.8 Å². The van der Waals surface area contributed by atoms with E-state index < -0.39 is 5.97 Å². The average Bonchev–Trinajstić information content (AvgIpc) is 2.83. The van der Waals surface area contributed by atoms with Crippen molar-refractivity contribution in [2.75, 3.05) is 7.11 Å². The van der Waals surface area contributed by atoms with Crippen LogP contribution in [0, 0.1) is 12.3 Å². The molecule has 96 valence electrons. The van der Waals surface area contributed by atoms with Gasteiger partial charge < -0.3 is 4.74 Å². The summed E-state index contributed by atoms with van der Waals surface area (Å²) in [6.45, 7) is 0. The Labute approximate surface area is 111 Å². The quantitative estimate of drug-likeness (QED) is 0.625. The number of benzene rings is 1. The van der Waals surface area contributed by atoms with Gasteiger partial charge in [0.1, 0.15) is 0 Å². The summed E-state index contributed by atoms with van der Waals surface area (Å²) in [5.74, 6) is 1.84. The van der Waals surface area contributed by atoms with Gasteiger partial charge in [-0.2, -0.15) is 0 Å². The summed E-state index contributed by atoms with van der Waals surface area (Å²) in [4.78, 5) is 23.8. The minimum Gasteiger partial charge on any atom is -0.465 e. The number of para-hydroxylation sites is 1. The fourth-order valence-corrected chi connectivity index (χ4v) is 1.96. The molecular formula is C15H13NO3. The molecule has 1 aromatic carbocycles. The second-order valence-corrected chi connectivity index (χ2v) is 4.02. The van der Waals surface area contributed by atoms with E-state index in [4.69, 9.17) is 11.2 Å². The van der Waals surface area contributed by atoms with Gasteiger partial charge in [-0.05, 0) is 6.07 Å². The smallest absolute Gasteiger partial charge is 0.340 e. The number of carbonyl (C=O) groups is 2. The first kappa shape index (κ1) is 12.9. The van der Waals surface area contributed by atoms with Gasteiger partial charge in [-0.1, -0.05) is 18.2 Å². The van der Waals surface area contributed by atoms with E-state index in [2.05, 4.69) is 5.92 Å². The third-order valence-corrected chi connectivity index (χ3v) is 2.87. The Hall–Kier alpha value is -2.54. The summed E-state index contributed by atoms with van der Waals surface area (Å²) in [6.07, 6.45) is 7.29. The molecule has 0 spiro atoms. The Bertz CT molecular complexity index is 676. The van der Waals surface area contributed by atoms with E-state index in [1.54, 1.807) is 12.1 Å². The number of aromatic nitrogens is 1. The first-order chi connectivity index (χ1) is 9.19. The van der Waals surface area contributed by atoms with Crippen LogP contribution in [0.1, 0.15) is 28.0 Å². The first-order valence-electron chi connectivity index (χ1n) is 5.84. The lowest BCUT2D eigenvalue weighted by Gasteiger charge is -2.01. The largest absolute Gasteiger partial charge is 0.465 e. The van der Waals surface area contributed by atoms with Crippen LogP contribution in [0.15, 0.2) is 30.5 Å². The zero-order valence-corrected chi connectivity index (χ0v) is 10.6. The highest BCUT2D eigenvalue weighted by Gasteiger charge is 2.17. The average molecular weight is 255 g/mol. The van der Waals surface area contributed by atoms with Crippen LogP contribution in [0.5, 0.6) is 0 Å². The van der Waals surface area contributed by atoms with Crippen LogP contribution in [0.25, 0.3) is 10.9 Å². The van der Waals surface area contributed by atoms with Crippen LogP contribution in [-0.2, 0) is 4.74 Å². The maximum Gasteiger partial charge on any atom is 0.340 e. The molecule has 0 saturated heterocycles. The van der Waals surface area contributed by atoms with E-state index >= 15 is 0 Å². The monoisotopic (exact) mass is 255 g/mol. The van der Waals surface area contributed by atoms with Gasteiger partial charge in [-0.15, -0.1) is 12.3 Å². The number of fused-ring (bicyclic) bond motifs is 1. The maximum atomic E-state index is 12.1. The highest BCUT2D eigenvalue weighted by atomic mass is 16.5. The highest BCUT2D eigenvalue weighted by molar-refractivity contribution is 6.07. The second kappa shape index (κ2) is 5.40. The third kappa shape index (κ3) is 2.36. The summed E-state index contributed by atoms with van der Waals surface area (Å²) in [5.41, 5.74) is 1.07. The predicted octanol–water partition coefficient (Wildman–Crippen LogP) is 2.48. The zero-order chi connectivity index (χ0) is 13.8. The fraction of sp³-hybridized carbons (Fsp3) is 0.200. The lowest BCUT2D eigenvalue weighted by molar-refractivity contribution is 0.0603. The van der Waals surface area contributed by atoms with Crippen molar-refractivity contribution in [1.29, 1.82) is 0 Å². The molecule has 4 nitrogen and oxygen atoms in total. The van der Waals surface area contributed by atoms with Crippen molar-refractivity contribution in [2.24, 2.45) is 0 Å². The van der Waals surface area contributed by atoms with Gasteiger partial charge in [-0.3, -0.25) is 9.36 Å². The Morgan fingerprint density at radius 1 is 1.37 bits per heavy atom. The van der Waals surface area contributed by atoms with E-state index in [1.165, 1.54) is 17.9 Å². The molecule has 0 bridgehead atoms. The SMILES string of the molecule is C#CCCC(=O)n1cc(C(=O)OC)c2ccccc21. The summed E-state index contributed by atoms with van der Waals surface area (Å²) in [7, 11) is 1.31. The van der Waals surface area contributed by atoms with E-state index in [0.717, 1.165) is 0 Å². The number of nitrogens with zero attached hydrogens (tertiary/aromatic N) is 1. The molecule has 0 atom stereocenters. The second-order valence-electron chi connectivity index (χ2n) is 4.02. The van der Waals surface area contributed by atoms with Gasteiger partial charge in [0.2, 0.25) is 5.91 Å². The molecule has 0 aliphatic rings. The highest BCUT2D eigenvalue weighted by Crippen LogP contribution is 2.22. The van der Waals surface area contributed by atoms with Crippen LogP contribution in [0.2, 0.25) is 0 Å². The fourth-order valence-electron chi connectivity index (χ4n) is 1.96. The van der Waals surface area contributed by atoms with Gasteiger partial charge >= 0.3 is 5.97 Å². The molecule has 1 heterocycles. The first-order valence-corrected chi connectivity index (χ1v) is 5.84. The molecule has 2 rings (SSSR count). The van der Waals surface area contributed by atoms with Crippen LogP contribution in [0.4, 0.5) is 0 Å². The van der Waals surface area contributed by atoms with Crippen LogP contribution in [-0.4, -0.2) is 23.6 Å². The van der Waals surface area contributed by atoms with Crippen molar-refractivity contribution < 1.29 is 14.3 Å². The number of ether oxygens (including phenoxy) is 1. The minimum atomic E-state index is -0.459. The Kier molecular flexibility index (Phi) is 3.67. The summed E-state index contributed by atoms with van der Waals surface area (Å²) in [6, 6.07) is 7.20. The lowest BCUT2D eigenvalue weighted by atomic mass is 10.2. The van der Waals surface area contributed by atoms with Crippen molar-refractivity contribution in [3.8, 4) is 12.3 Å². The van der Waals surface area contributed by atoms with Crippen molar-refractivity contribution in [1.82, 2.24) is 4.57 Å². The predicted molar refractivity (Wildman–Crippen MR) is 72.0 cm³/mol. The number of esters is 1. The lowest BCUT2D eigenvalue weighted by Crippen LogP contribution is -2.09. The molecule has 0 aliphatic carbocycles. The molecule has 0 unspecified atom stereocenters. The minimum absolute atomic E-state index is 0.135. The van der Waals surface area contributed by atoms with Gasteiger partial charge in [0, 0.05) is 24.4 Å². The summed E-state index contributed by atoms with van der Waals surface area (Å²) >= 11 is 0. The molecule has 0 fully saturated rings. The van der Waals surface area contributed by atoms with Gasteiger partial charge in [-0.25, -0.2) is 4.79 Å². The number of hydrogen-bond donors (Lipinski definition) is 0. The van der Waals surface area contributed by atoms with Crippen molar-refractivity contribution in [3.63, 3.8) is 0 Å². The molecule has 0 aliphatic heterocycles. The summed E-state index contributed by atoms with van der Waals surface area (Å²) in [5, 5.41) is 0.698. The van der Waals surface area contributed by atoms with E-state index in [9.17, 15) is 9.59 Å². The van der Waals surface area contributed by atoms with Crippen molar-refractivity contribution >= 4 is 22.8 Å². The summed E-state index contributed by atoms with van der Waals surface area (Å²) < 4.78 is 6.18. The molecule has 2 aromatic rings. The standard InChI is InChI=1S/C15H13NO3/c1-3-4-9-14(17)16-10-12(15(18)19-2)11-7-5-6-8-13(11)16/h1,5-8,10H,4,9H2,2H3. The molecule has 19 heavy (non-hydrogen) atoms. The molecular weight excluding hydrogens is 242 g/mol. The van der Waals surface area contributed by atoms with Gasteiger partial charge in [0.15, 0.2) is 0 Å². The zero-order valence-electron chi connectivity index (χ0n) is 10.6. The molecule has 1 aromatic heterocycles. The van der Waals surface area contributed by atoms with Crippen LogP contribution in [0.3, 0.4) is 0 Å². The maximum absolute atomic E-state index is 12.1. The third-order valence-electron chi connectivity index (χ3n) is 2.87. The molecule has 4 heteroatoms.